The summed E-state index contributed by atoms with van der Waals surface area (Å²) in [4.78, 5) is 31.4. The molecule has 0 spiro atoms. The summed E-state index contributed by atoms with van der Waals surface area (Å²) in [5.41, 5.74) is 3.19. The number of hydrogen-bond acceptors (Lipinski definition) is 5. The molecule has 0 aliphatic carbocycles. The third-order valence-electron chi connectivity index (χ3n) is 6.56. The predicted octanol–water partition coefficient (Wildman–Crippen LogP) is 5.30. The number of carbonyl (C=O) groups is 2. The lowest BCUT2D eigenvalue weighted by molar-refractivity contribution is -0.112. The number of aromatic nitrogens is 1. The van der Waals surface area contributed by atoms with Crippen molar-refractivity contribution in [1.82, 2.24) is 9.88 Å². The zero-order chi connectivity index (χ0) is 26.4. The molecule has 37 heavy (non-hydrogen) atoms. The fourth-order valence-corrected chi connectivity index (χ4v) is 4.52. The fraction of sp³-hybridized carbons (Fsp3) is 0.276. The van der Waals surface area contributed by atoms with E-state index in [9.17, 15) is 14.0 Å². The van der Waals surface area contributed by atoms with Crippen LogP contribution in [0.5, 0.6) is 11.5 Å². The van der Waals surface area contributed by atoms with Crippen LogP contribution in [-0.2, 0) is 4.79 Å². The first kappa shape index (κ1) is 25.9. The first-order valence-electron chi connectivity index (χ1n) is 12.1. The summed E-state index contributed by atoms with van der Waals surface area (Å²) in [6, 6.07) is 14.2. The number of anilines is 1. The van der Waals surface area contributed by atoms with E-state index >= 15 is 0 Å². The highest BCUT2D eigenvalue weighted by Crippen LogP contribution is 2.35. The van der Waals surface area contributed by atoms with Gasteiger partial charge in [0.1, 0.15) is 11.4 Å². The van der Waals surface area contributed by atoms with Gasteiger partial charge in [-0.1, -0.05) is 18.2 Å². The number of piperidine rings is 1. The van der Waals surface area contributed by atoms with Crippen LogP contribution in [0.25, 0.3) is 6.08 Å². The maximum Gasteiger partial charge on any atom is 0.260 e. The van der Waals surface area contributed by atoms with E-state index in [-0.39, 0.29) is 23.1 Å². The summed E-state index contributed by atoms with van der Waals surface area (Å²) >= 11 is 0. The molecule has 1 N–H and O–H groups in total. The minimum Gasteiger partial charge on any atom is -0.493 e. The fourth-order valence-electron chi connectivity index (χ4n) is 4.52. The Kier molecular flexibility index (Phi) is 8.18. The van der Waals surface area contributed by atoms with Gasteiger partial charge < -0.3 is 19.7 Å². The maximum atomic E-state index is 14.6. The smallest absolute Gasteiger partial charge is 0.260 e. The van der Waals surface area contributed by atoms with Crippen LogP contribution in [0.1, 0.15) is 47.2 Å². The van der Waals surface area contributed by atoms with Crippen molar-refractivity contribution in [1.29, 1.82) is 0 Å². The van der Waals surface area contributed by atoms with Crippen molar-refractivity contribution in [2.75, 3.05) is 32.6 Å². The highest BCUT2D eigenvalue weighted by Gasteiger charge is 2.29. The van der Waals surface area contributed by atoms with Gasteiger partial charge in [-0.15, -0.1) is 0 Å². The number of nitrogens with zero attached hydrogens (tertiary/aromatic N) is 2. The summed E-state index contributed by atoms with van der Waals surface area (Å²) in [5, 5.41) is 2.92. The van der Waals surface area contributed by atoms with Gasteiger partial charge in [-0.2, -0.15) is 0 Å². The summed E-state index contributed by atoms with van der Waals surface area (Å²) in [5.74, 6) is -0.524. The van der Waals surface area contributed by atoms with Crippen LogP contribution in [0.2, 0.25) is 0 Å². The Hall–Kier alpha value is -4.20. The SMILES string of the molecule is COc1ccc(F)c(C(=O)N2CCC(c3ccc(NC(=O)/C(C)=C/c4cccnc4)cc3)CC2)c1OC. The molecule has 1 saturated heterocycles. The van der Waals surface area contributed by atoms with Crippen molar-refractivity contribution in [3.8, 4) is 11.5 Å². The van der Waals surface area contributed by atoms with E-state index in [0.717, 1.165) is 24.0 Å². The molecule has 0 bridgehead atoms. The van der Waals surface area contributed by atoms with E-state index in [0.29, 0.717) is 30.1 Å². The molecular formula is C29H30FN3O4. The molecule has 7 nitrogen and oxygen atoms in total. The number of methoxy groups -OCH3 is 2. The van der Waals surface area contributed by atoms with Crippen LogP contribution in [-0.4, -0.2) is 49.0 Å². The van der Waals surface area contributed by atoms with Crippen molar-refractivity contribution in [2.24, 2.45) is 0 Å². The van der Waals surface area contributed by atoms with Crippen LogP contribution < -0.4 is 14.8 Å². The molecule has 2 aromatic carbocycles. The van der Waals surface area contributed by atoms with Gasteiger partial charge in [0.15, 0.2) is 11.5 Å². The molecular weight excluding hydrogens is 473 g/mol. The summed E-state index contributed by atoms with van der Waals surface area (Å²) < 4.78 is 25.1. The molecule has 0 saturated carbocycles. The van der Waals surface area contributed by atoms with E-state index < -0.39 is 11.7 Å². The zero-order valence-corrected chi connectivity index (χ0v) is 21.2. The van der Waals surface area contributed by atoms with Crippen molar-refractivity contribution in [3.05, 3.63) is 89.0 Å². The lowest BCUT2D eigenvalue weighted by Gasteiger charge is -2.32. The molecule has 8 heteroatoms. The molecule has 1 aliphatic rings. The maximum absolute atomic E-state index is 14.6. The number of nitrogens with one attached hydrogen (secondary N) is 1. The number of pyridine rings is 1. The summed E-state index contributed by atoms with van der Waals surface area (Å²) in [6.07, 6.45) is 6.68. The quantitative estimate of drug-likeness (QED) is 0.443. The molecule has 0 unspecified atom stereocenters. The Morgan fingerprint density at radius 2 is 1.78 bits per heavy atom. The average Bonchev–Trinajstić information content (AvgIpc) is 2.93. The minimum atomic E-state index is -0.632. The predicted molar refractivity (Wildman–Crippen MR) is 140 cm³/mol. The summed E-state index contributed by atoms with van der Waals surface area (Å²) in [6.45, 7) is 2.76. The number of benzene rings is 2. The Bertz CT molecular complexity index is 1280. The molecule has 3 aromatic rings. The van der Waals surface area contributed by atoms with E-state index in [1.54, 1.807) is 30.3 Å². The average molecular weight is 504 g/mol. The van der Waals surface area contributed by atoms with E-state index in [1.807, 2.05) is 36.4 Å². The third-order valence-corrected chi connectivity index (χ3v) is 6.56. The molecule has 1 fully saturated rings. The van der Waals surface area contributed by atoms with Gasteiger partial charge in [-0.25, -0.2) is 4.39 Å². The zero-order valence-electron chi connectivity index (χ0n) is 21.2. The van der Waals surface area contributed by atoms with Crippen LogP contribution in [0.4, 0.5) is 10.1 Å². The van der Waals surface area contributed by atoms with Gasteiger partial charge in [0, 0.05) is 36.7 Å². The van der Waals surface area contributed by atoms with Crippen LogP contribution in [0.3, 0.4) is 0 Å². The second-order valence-electron chi connectivity index (χ2n) is 8.91. The Morgan fingerprint density at radius 3 is 2.41 bits per heavy atom. The van der Waals surface area contributed by atoms with E-state index in [2.05, 4.69) is 10.3 Å². The van der Waals surface area contributed by atoms with Crippen LogP contribution in [0.15, 0.2) is 66.5 Å². The van der Waals surface area contributed by atoms with Gasteiger partial charge in [0.2, 0.25) is 0 Å². The number of rotatable bonds is 7. The number of hydrogen-bond donors (Lipinski definition) is 1. The lowest BCUT2D eigenvalue weighted by atomic mass is 9.89. The molecule has 192 valence electrons. The number of carbonyl (C=O) groups excluding carboxylic acids is 2. The van der Waals surface area contributed by atoms with Gasteiger partial charge >= 0.3 is 0 Å². The van der Waals surface area contributed by atoms with Gasteiger partial charge in [-0.3, -0.25) is 14.6 Å². The van der Waals surface area contributed by atoms with Crippen molar-refractivity contribution < 1.29 is 23.5 Å². The second-order valence-corrected chi connectivity index (χ2v) is 8.91. The molecule has 2 heterocycles. The van der Waals surface area contributed by atoms with Crippen molar-refractivity contribution in [2.45, 2.75) is 25.7 Å². The van der Waals surface area contributed by atoms with E-state index in [4.69, 9.17) is 9.47 Å². The summed E-state index contributed by atoms with van der Waals surface area (Å²) in [7, 11) is 2.84. The topological polar surface area (TPSA) is 80.8 Å². The molecule has 1 aromatic heterocycles. The largest absolute Gasteiger partial charge is 0.493 e. The molecule has 0 radical (unpaired) electrons. The molecule has 0 atom stereocenters. The standard InChI is InChI=1S/C29H30FN3O4/c1-19(17-20-5-4-14-31-18-20)28(34)32-23-8-6-21(7-9-23)22-12-15-33(16-13-22)29(35)26-24(30)10-11-25(36-2)27(26)37-3/h4-11,14,17-18,22H,12-13,15-16H2,1-3H3,(H,32,34)/b19-17+. The third kappa shape index (κ3) is 5.97. The highest BCUT2D eigenvalue weighted by atomic mass is 19.1. The van der Waals surface area contributed by atoms with Gasteiger partial charge in [0.25, 0.3) is 11.8 Å². The monoisotopic (exact) mass is 503 g/mol. The van der Waals surface area contributed by atoms with Gasteiger partial charge in [0.05, 0.1) is 14.2 Å². The number of ether oxygens (including phenoxy) is 2. The Labute approximate surface area is 215 Å². The molecule has 1 aliphatic heterocycles. The number of halogens is 1. The van der Waals surface area contributed by atoms with Crippen molar-refractivity contribution in [3.63, 3.8) is 0 Å². The lowest BCUT2D eigenvalue weighted by Crippen LogP contribution is -2.38. The van der Waals surface area contributed by atoms with Crippen LogP contribution >= 0.6 is 0 Å². The Morgan fingerprint density at radius 1 is 1.05 bits per heavy atom. The molecule has 2 amide bonds. The first-order valence-corrected chi connectivity index (χ1v) is 12.1. The van der Waals surface area contributed by atoms with Gasteiger partial charge in [-0.05, 0) is 73.2 Å². The second kappa shape index (κ2) is 11.7. The Balaban J connectivity index is 1.36. The van der Waals surface area contributed by atoms with E-state index in [1.165, 1.54) is 26.4 Å². The van der Waals surface area contributed by atoms with Crippen LogP contribution in [0, 0.1) is 5.82 Å². The van der Waals surface area contributed by atoms with Crippen molar-refractivity contribution >= 4 is 23.6 Å². The normalized spacial score (nSPS) is 14.3. The highest BCUT2D eigenvalue weighted by molar-refractivity contribution is 6.06. The number of likely N-dealkylation sites (tertiary alicyclic amines) is 1. The number of amides is 2. The minimum absolute atomic E-state index is 0.103. The first-order chi connectivity index (χ1) is 17.9. The molecule has 4 rings (SSSR count).